The van der Waals surface area contributed by atoms with Gasteiger partial charge in [-0.25, -0.2) is 0 Å². The van der Waals surface area contributed by atoms with Crippen molar-refractivity contribution in [2.24, 2.45) is 0 Å². The lowest BCUT2D eigenvalue weighted by atomic mass is 10.0. The molecule has 0 atom stereocenters. The molecule has 0 aliphatic carbocycles. The van der Waals surface area contributed by atoms with Crippen LogP contribution in [0.4, 0.5) is 5.69 Å². The van der Waals surface area contributed by atoms with Gasteiger partial charge in [-0.3, -0.25) is 9.59 Å². The number of rotatable bonds is 6. The lowest BCUT2D eigenvalue weighted by molar-refractivity contribution is -0.146. The van der Waals surface area contributed by atoms with Gasteiger partial charge in [0.1, 0.15) is 5.58 Å². The Labute approximate surface area is 164 Å². The zero-order valence-corrected chi connectivity index (χ0v) is 16.7. The number of hydrogen-bond donors (Lipinski definition) is 1. The lowest BCUT2D eigenvalue weighted by Crippen LogP contribution is -2.22. The summed E-state index contributed by atoms with van der Waals surface area (Å²) in [6.45, 7) is 7.66. The molecule has 0 fully saturated rings. The van der Waals surface area contributed by atoms with E-state index in [9.17, 15) is 9.59 Å². The van der Waals surface area contributed by atoms with Crippen molar-refractivity contribution in [3.8, 4) is 0 Å². The van der Waals surface area contributed by atoms with Crippen molar-refractivity contribution in [1.82, 2.24) is 0 Å². The number of fused-ring (bicyclic) bond motifs is 1. The minimum absolute atomic E-state index is 0.0629. The number of esters is 1. The van der Waals surface area contributed by atoms with E-state index in [-0.39, 0.29) is 18.9 Å². The first-order valence-electron chi connectivity index (χ1n) is 9.41. The van der Waals surface area contributed by atoms with Gasteiger partial charge in [-0.15, -0.1) is 0 Å². The number of aryl methyl sites for hydroxylation is 4. The number of benzene rings is 2. The molecular weight excluding hydrogens is 354 g/mol. The number of para-hydroxylation sites is 1. The van der Waals surface area contributed by atoms with Crippen molar-refractivity contribution in [1.29, 1.82) is 0 Å². The largest absolute Gasteiger partial charge is 0.464 e. The highest BCUT2D eigenvalue weighted by atomic mass is 16.5. The van der Waals surface area contributed by atoms with Crippen LogP contribution in [0.25, 0.3) is 11.0 Å². The van der Waals surface area contributed by atoms with Crippen LogP contribution in [0, 0.1) is 20.8 Å². The van der Waals surface area contributed by atoms with Gasteiger partial charge in [0.05, 0.1) is 12.7 Å². The van der Waals surface area contributed by atoms with E-state index in [0.717, 1.165) is 50.9 Å². The van der Waals surface area contributed by atoms with Crippen LogP contribution in [0.2, 0.25) is 0 Å². The quantitative estimate of drug-likeness (QED) is 0.633. The van der Waals surface area contributed by atoms with Gasteiger partial charge in [-0.1, -0.05) is 37.3 Å². The number of carbonyl (C=O) groups is 2. The molecule has 0 saturated carbocycles. The standard InChI is InChI=1S/C23H25NO4/c1-5-17-8-6-7-15(3)22(17)24-20(25)13-27-21(26)11-18-12-28-23-16(4)14(2)9-10-19(18)23/h6-10,12H,5,11,13H2,1-4H3,(H,24,25). The van der Waals surface area contributed by atoms with Crippen molar-refractivity contribution < 1.29 is 18.7 Å². The highest BCUT2D eigenvalue weighted by Crippen LogP contribution is 2.27. The van der Waals surface area contributed by atoms with Gasteiger partial charge in [-0.2, -0.15) is 0 Å². The SMILES string of the molecule is CCc1cccc(C)c1NC(=O)COC(=O)Cc1coc2c(C)c(C)ccc12. The summed E-state index contributed by atoms with van der Waals surface area (Å²) in [6.07, 6.45) is 2.45. The number of carbonyl (C=O) groups excluding carboxylic acids is 2. The lowest BCUT2D eigenvalue weighted by Gasteiger charge is -2.13. The van der Waals surface area contributed by atoms with Crippen LogP contribution in [0.1, 0.15) is 34.7 Å². The first-order valence-corrected chi connectivity index (χ1v) is 9.41. The van der Waals surface area contributed by atoms with Crippen LogP contribution in [0.3, 0.4) is 0 Å². The summed E-state index contributed by atoms with van der Waals surface area (Å²) in [6, 6.07) is 9.82. The van der Waals surface area contributed by atoms with E-state index < -0.39 is 5.97 Å². The molecule has 3 aromatic rings. The van der Waals surface area contributed by atoms with Gasteiger partial charge >= 0.3 is 5.97 Å². The normalized spacial score (nSPS) is 10.9. The van der Waals surface area contributed by atoms with Gasteiger partial charge in [0.2, 0.25) is 0 Å². The predicted molar refractivity (Wildman–Crippen MR) is 110 cm³/mol. The summed E-state index contributed by atoms with van der Waals surface area (Å²) < 4.78 is 10.8. The minimum Gasteiger partial charge on any atom is -0.464 e. The number of nitrogens with one attached hydrogen (secondary N) is 1. The zero-order valence-electron chi connectivity index (χ0n) is 16.7. The Bertz CT molecular complexity index is 1030. The molecule has 28 heavy (non-hydrogen) atoms. The molecule has 1 amide bonds. The Morgan fingerprint density at radius 2 is 1.82 bits per heavy atom. The van der Waals surface area contributed by atoms with Gasteiger partial charge < -0.3 is 14.5 Å². The molecule has 3 rings (SSSR count). The second-order valence-corrected chi connectivity index (χ2v) is 6.99. The molecule has 0 radical (unpaired) electrons. The van der Waals surface area contributed by atoms with Crippen LogP contribution in [0.5, 0.6) is 0 Å². The number of hydrogen-bond acceptors (Lipinski definition) is 4. The van der Waals surface area contributed by atoms with Crippen LogP contribution < -0.4 is 5.32 Å². The Morgan fingerprint density at radius 1 is 1.04 bits per heavy atom. The highest BCUT2D eigenvalue weighted by molar-refractivity contribution is 5.94. The van der Waals surface area contributed by atoms with E-state index in [1.807, 2.05) is 58.0 Å². The first kappa shape index (κ1) is 19.7. The Balaban J connectivity index is 1.61. The number of anilines is 1. The molecule has 0 saturated heterocycles. The first-order chi connectivity index (χ1) is 13.4. The molecule has 0 aliphatic heterocycles. The summed E-state index contributed by atoms with van der Waals surface area (Å²) in [7, 11) is 0. The maximum absolute atomic E-state index is 12.2. The highest BCUT2D eigenvalue weighted by Gasteiger charge is 2.15. The van der Waals surface area contributed by atoms with Crippen LogP contribution in [-0.2, 0) is 27.2 Å². The molecule has 2 aromatic carbocycles. The average molecular weight is 379 g/mol. The summed E-state index contributed by atoms with van der Waals surface area (Å²) in [5.41, 5.74) is 6.56. The van der Waals surface area contributed by atoms with E-state index in [1.165, 1.54) is 0 Å². The smallest absolute Gasteiger partial charge is 0.310 e. The van der Waals surface area contributed by atoms with Gasteiger partial charge in [0, 0.05) is 16.6 Å². The molecule has 0 aliphatic rings. The van der Waals surface area contributed by atoms with E-state index >= 15 is 0 Å². The summed E-state index contributed by atoms with van der Waals surface area (Å²) in [4.78, 5) is 24.4. The molecule has 0 unspecified atom stereocenters. The summed E-state index contributed by atoms with van der Waals surface area (Å²) in [5, 5.41) is 3.75. The van der Waals surface area contributed by atoms with E-state index in [2.05, 4.69) is 5.32 Å². The van der Waals surface area contributed by atoms with Crippen molar-refractivity contribution in [2.75, 3.05) is 11.9 Å². The second kappa shape index (κ2) is 8.30. The van der Waals surface area contributed by atoms with E-state index in [4.69, 9.17) is 9.15 Å². The fourth-order valence-corrected chi connectivity index (χ4v) is 3.26. The maximum Gasteiger partial charge on any atom is 0.310 e. The molecule has 146 valence electrons. The summed E-state index contributed by atoms with van der Waals surface area (Å²) >= 11 is 0. The maximum atomic E-state index is 12.2. The minimum atomic E-state index is -0.462. The molecule has 1 N–H and O–H groups in total. The Hall–Kier alpha value is -3.08. The fourth-order valence-electron chi connectivity index (χ4n) is 3.26. The van der Waals surface area contributed by atoms with E-state index in [1.54, 1.807) is 6.26 Å². The fraction of sp³-hybridized carbons (Fsp3) is 0.304. The monoisotopic (exact) mass is 379 g/mol. The Morgan fingerprint density at radius 3 is 2.57 bits per heavy atom. The van der Waals surface area contributed by atoms with Crippen LogP contribution in [0.15, 0.2) is 41.0 Å². The molecule has 0 spiro atoms. The number of ether oxygens (including phenoxy) is 1. The van der Waals surface area contributed by atoms with Crippen molar-refractivity contribution in [3.63, 3.8) is 0 Å². The number of amides is 1. The van der Waals surface area contributed by atoms with Gasteiger partial charge in [0.15, 0.2) is 6.61 Å². The molecule has 0 bridgehead atoms. The van der Waals surface area contributed by atoms with Crippen molar-refractivity contribution in [3.05, 3.63) is 64.4 Å². The third-order valence-corrected chi connectivity index (χ3v) is 5.05. The molecule has 1 aromatic heterocycles. The van der Waals surface area contributed by atoms with Crippen molar-refractivity contribution in [2.45, 2.75) is 40.5 Å². The molecule has 5 nitrogen and oxygen atoms in total. The average Bonchev–Trinajstić information content (AvgIpc) is 3.08. The van der Waals surface area contributed by atoms with Crippen molar-refractivity contribution >= 4 is 28.5 Å². The third-order valence-electron chi connectivity index (χ3n) is 5.05. The van der Waals surface area contributed by atoms with Crippen LogP contribution in [-0.4, -0.2) is 18.5 Å². The Kier molecular flexibility index (Phi) is 5.83. The zero-order chi connectivity index (χ0) is 20.3. The molecule has 5 heteroatoms. The second-order valence-electron chi connectivity index (χ2n) is 6.99. The van der Waals surface area contributed by atoms with E-state index in [0.29, 0.717) is 0 Å². The third kappa shape index (κ3) is 4.09. The van der Waals surface area contributed by atoms with Crippen LogP contribution >= 0.6 is 0 Å². The van der Waals surface area contributed by atoms with Gasteiger partial charge in [-0.05, 0) is 49.4 Å². The predicted octanol–water partition coefficient (Wildman–Crippen LogP) is 4.64. The number of furan rings is 1. The molecule has 1 heterocycles. The van der Waals surface area contributed by atoms with Gasteiger partial charge in [0.25, 0.3) is 5.91 Å². The molecular formula is C23H25NO4. The topological polar surface area (TPSA) is 68.5 Å². The summed E-state index contributed by atoms with van der Waals surface area (Å²) in [5.74, 6) is -0.808.